The zero-order valence-corrected chi connectivity index (χ0v) is 68.6. The standard InChI is InChI=1S/C86H100ClN11O25/c1-37(2)25-52(91-7)77(109)97-67-69(104)45-20-24-56(51(87)27-45)119-58-29-46-28-57(73(58)123-84-74(71(106)70(105)59(36-99)120-84)122-62-34-86(6,90)76(108)39(4)117-62)118-48-21-17-43(18-22-48)72(121-61-33-85(5,89)75(107)38(3)116-61)68-83(115)96-66(79(111)92-35-40-13-15-42(16-14-40)41-11-9-8-10-12-41)50-30-47(100)31-55(102)63(50)49-26-44(19-23-54(49)101)64(80(112)98-68)95-81(113)65(46)94-78(110)53(32-60(88)103)93-82(67)114/h8-24,26-31,37-39,52-53,59,61-62,64-72,74-76,84,91,99-102,104-108H,25,32-36,89-90H2,1-7H3,(H2,88,103)(H,92,111)(H,93,114)(H,94,110)(H,95,113)(H,96,115)(H,97,109)(H,98,112)/t38-,39-,52+,53-,59+,61-,62-,64+,65+,66-,67+,68-,69+,70+,71-,72+,74+,75-,76-,84-,85-,86-/m0/s1. The van der Waals surface area contributed by atoms with Gasteiger partial charge in [0.2, 0.25) is 59.3 Å². The molecule has 0 radical (unpaired) electrons. The quantitative estimate of drug-likeness (QED) is 0.0587. The highest BCUT2D eigenvalue weighted by Crippen LogP contribution is 2.50. The molecule has 8 amide bonds. The predicted molar refractivity (Wildman–Crippen MR) is 437 cm³/mol. The topological polar surface area (TPSA) is 567 Å². The third-order valence-electron chi connectivity index (χ3n) is 22.6. The van der Waals surface area contributed by atoms with Crippen LogP contribution < -0.4 is 73.9 Å². The zero-order chi connectivity index (χ0) is 88.5. The zero-order valence-electron chi connectivity index (χ0n) is 67.8. The van der Waals surface area contributed by atoms with Gasteiger partial charge in [0.05, 0.1) is 48.5 Å². The van der Waals surface area contributed by atoms with E-state index >= 15 is 28.8 Å². The molecular formula is C86H100ClN11O25. The van der Waals surface area contributed by atoms with Crippen LogP contribution in [0.2, 0.25) is 5.02 Å². The summed E-state index contributed by atoms with van der Waals surface area (Å²) in [4.78, 5) is 123. The number of phenols is 3. The summed E-state index contributed by atoms with van der Waals surface area (Å²) in [6.07, 6.45) is -22.3. The Labute approximate surface area is 710 Å². The van der Waals surface area contributed by atoms with Crippen molar-refractivity contribution in [1.29, 1.82) is 0 Å². The van der Waals surface area contributed by atoms with Gasteiger partial charge in [-0.2, -0.15) is 0 Å². The molecule has 23 N–H and O–H groups in total. The van der Waals surface area contributed by atoms with Gasteiger partial charge in [-0.3, -0.25) is 38.4 Å². The minimum Gasteiger partial charge on any atom is -0.508 e. The molecule has 7 aromatic carbocycles. The Morgan fingerprint density at radius 3 is 1.87 bits per heavy atom. The maximum absolute atomic E-state index is 16.6. The van der Waals surface area contributed by atoms with Crippen molar-refractivity contribution in [2.75, 3.05) is 13.7 Å². The van der Waals surface area contributed by atoms with Crippen molar-refractivity contribution in [1.82, 2.24) is 42.5 Å². The number of primary amides is 1. The highest BCUT2D eigenvalue weighted by molar-refractivity contribution is 6.32. The predicted octanol–water partition coefficient (Wildman–Crippen LogP) is 2.59. The fourth-order valence-electron chi connectivity index (χ4n) is 16.0. The summed E-state index contributed by atoms with van der Waals surface area (Å²) in [5.74, 6) is -14.2. The fourth-order valence-corrected chi connectivity index (χ4v) is 16.2. The number of phenolic OH excluding ortho intramolecular Hbond substituents is 3. The Morgan fingerprint density at radius 1 is 0.634 bits per heavy atom. The van der Waals surface area contributed by atoms with Crippen LogP contribution in [0, 0.1) is 5.92 Å². The van der Waals surface area contributed by atoms with E-state index in [1.807, 2.05) is 56.3 Å². The lowest BCUT2D eigenvalue weighted by Crippen LogP contribution is -2.64. The lowest BCUT2D eigenvalue weighted by Gasteiger charge is -2.47. The molecule has 15 rings (SSSR count). The van der Waals surface area contributed by atoms with Crippen LogP contribution in [-0.2, 0) is 68.6 Å². The maximum atomic E-state index is 16.6. The van der Waals surface area contributed by atoms with Crippen LogP contribution in [0.3, 0.4) is 0 Å². The molecule has 8 aliphatic rings. The molecule has 8 heterocycles. The molecule has 3 fully saturated rings. The number of carbonyl (C=O) groups excluding carboxylic acids is 8. The third kappa shape index (κ3) is 19.7. The van der Waals surface area contributed by atoms with E-state index in [-0.39, 0.29) is 76.1 Å². The summed E-state index contributed by atoms with van der Waals surface area (Å²) >= 11 is 7.19. The number of benzene rings is 7. The van der Waals surface area contributed by atoms with Crippen LogP contribution in [-0.4, -0.2) is 210 Å². The van der Waals surface area contributed by atoms with E-state index < -0.39 is 239 Å². The highest BCUT2D eigenvalue weighted by Gasteiger charge is 2.53. The summed E-state index contributed by atoms with van der Waals surface area (Å²) in [6, 6.07) is 19.2. The van der Waals surface area contributed by atoms with Gasteiger partial charge in [-0.25, -0.2) is 0 Å². The van der Waals surface area contributed by atoms with Gasteiger partial charge in [0.15, 0.2) is 30.2 Å². The number of likely N-dealkylation sites (N-methyl/N-ethyl adjacent to an activating group) is 1. The van der Waals surface area contributed by atoms with Crippen LogP contribution >= 0.6 is 11.6 Å². The number of halogens is 1. The summed E-state index contributed by atoms with van der Waals surface area (Å²) in [5.41, 5.74) is 16.6. The van der Waals surface area contributed by atoms with E-state index in [4.69, 9.17) is 66.7 Å². The second-order valence-electron chi connectivity index (χ2n) is 32.6. The number of aromatic hydroxyl groups is 3. The van der Waals surface area contributed by atoms with Crippen LogP contribution in [0.1, 0.15) is 131 Å². The van der Waals surface area contributed by atoms with E-state index in [0.717, 1.165) is 59.7 Å². The summed E-state index contributed by atoms with van der Waals surface area (Å²) in [7, 11) is 1.49. The van der Waals surface area contributed by atoms with E-state index in [9.17, 15) is 55.5 Å². The van der Waals surface area contributed by atoms with Crippen LogP contribution in [0.4, 0.5) is 0 Å². The van der Waals surface area contributed by atoms with Crippen molar-refractivity contribution in [3.05, 3.63) is 178 Å². The number of ether oxygens (including phenoxy) is 8. The van der Waals surface area contributed by atoms with Crippen molar-refractivity contribution >= 4 is 58.9 Å². The largest absolute Gasteiger partial charge is 0.508 e. The van der Waals surface area contributed by atoms with Crippen LogP contribution in [0.25, 0.3) is 22.3 Å². The number of fused-ring (bicyclic) bond motifs is 15. The van der Waals surface area contributed by atoms with Crippen LogP contribution in [0.5, 0.6) is 46.0 Å². The molecule has 656 valence electrons. The molecular weight excluding hydrogens is 1620 g/mol. The lowest BCUT2D eigenvalue weighted by molar-refractivity contribution is -0.333. The maximum Gasteiger partial charge on any atom is 0.248 e. The van der Waals surface area contributed by atoms with Crippen LogP contribution in [0.15, 0.2) is 140 Å². The molecule has 0 aliphatic carbocycles. The number of nitrogens with one attached hydrogen (secondary N) is 8. The van der Waals surface area contributed by atoms with Crippen molar-refractivity contribution in [2.45, 2.75) is 207 Å². The van der Waals surface area contributed by atoms with E-state index in [0.29, 0.717) is 5.56 Å². The second-order valence-corrected chi connectivity index (χ2v) is 33.0. The van der Waals surface area contributed by atoms with E-state index in [2.05, 4.69) is 42.5 Å². The number of amides is 8. The van der Waals surface area contributed by atoms with Crippen molar-refractivity contribution < 1.29 is 122 Å². The number of hydrogen-bond donors (Lipinski definition) is 20. The molecule has 0 unspecified atom stereocenters. The van der Waals surface area contributed by atoms with Crippen molar-refractivity contribution in [2.24, 2.45) is 23.1 Å². The first-order chi connectivity index (χ1) is 58.4. The number of aliphatic hydroxyl groups is 6. The van der Waals surface area contributed by atoms with E-state index in [1.165, 1.54) is 71.1 Å². The Balaban J connectivity index is 1.03. The fraction of sp³-hybridized carbons (Fsp3) is 0.419. The SMILES string of the molecule is CN[C@H](CC(C)C)C(=O)N[C@H]1C(=O)N[C@@H](CC(N)=O)C(=O)N[C@H]2C(=O)N[C@H]3C(=O)N[C@H](C(=O)N[C@H](C(=O)NCc4ccc(-c5ccccc5)cc4)c4cc(O)cc(O)c4-c4cc3ccc4O)[C@H](O[C@H]3C[C@](C)(N)[C@@H](O)[C@H](C)O3)c3ccc(cc3)Oc3cc2cc(c3O[C@@H]2O[C@H](CO)[C@@H](O)[C@H](O)[C@H]2O[C@H]2C[C@](C)(N)[C@@H](O)[C@H](C)O2)Oc2ccc(cc2Cl)[C@H]1O. The molecule has 123 heavy (non-hydrogen) atoms. The van der Waals surface area contributed by atoms with Gasteiger partial charge < -0.3 is 144 Å². The molecule has 37 heteroatoms. The van der Waals surface area contributed by atoms with Gasteiger partial charge in [-0.05, 0) is 146 Å². The minimum absolute atomic E-state index is 0.00208. The number of aliphatic hydroxyl groups excluding tert-OH is 6. The van der Waals surface area contributed by atoms with Gasteiger partial charge in [0.1, 0.15) is 95.5 Å². The number of nitrogens with two attached hydrogens (primary N) is 3. The first-order valence-corrected chi connectivity index (χ1v) is 40.3. The highest BCUT2D eigenvalue weighted by atomic mass is 35.5. The average molecular weight is 1720 g/mol. The van der Waals surface area contributed by atoms with Crippen molar-refractivity contribution in [3.8, 4) is 68.2 Å². The summed E-state index contributed by atoms with van der Waals surface area (Å²) in [6.45, 7) is 8.56. The molecule has 36 nitrogen and oxygen atoms in total. The molecule has 0 aromatic heterocycles. The Morgan fingerprint density at radius 2 is 1.24 bits per heavy atom. The normalized spacial score (nSPS) is 30.0. The molecule has 3 saturated heterocycles. The molecule has 7 aromatic rings. The number of rotatable bonds is 18. The van der Waals surface area contributed by atoms with Gasteiger partial charge in [-0.1, -0.05) is 104 Å². The van der Waals surface area contributed by atoms with Gasteiger partial charge in [-0.15, -0.1) is 0 Å². The lowest BCUT2D eigenvalue weighted by atomic mass is 9.86. The molecule has 0 spiro atoms. The second kappa shape index (κ2) is 37.1. The molecule has 0 saturated carbocycles. The first kappa shape index (κ1) is 89.6. The molecule has 11 bridgehead atoms. The van der Waals surface area contributed by atoms with Gasteiger partial charge in [0, 0.05) is 47.7 Å². The molecule has 22 atom stereocenters. The minimum atomic E-state index is -2.34. The average Bonchev–Trinajstić information content (AvgIpc) is 0.769. The smallest absolute Gasteiger partial charge is 0.248 e. The van der Waals surface area contributed by atoms with Gasteiger partial charge >= 0.3 is 0 Å². The Hall–Kier alpha value is -11.2. The number of carbonyl (C=O) groups is 8. The Bertz CT molecular complexity index is 5110. The molecule has 8 aliphatic heterocycles. The number of hydrogen-bond acceptors (Lipinski definition) is 28. The van der Waals surface area contributed by atoms with Crippen molar-refractivity contribution in [3.63, 3.8) is 0 Å². The Kier molecular flexibility index (Phi) is 27.0. The third-order valence-corrected chi connectivity index (χ3v) is 22.9. The summed E-state index contributed by atoms with van der Waals surface area (Å²) < 4.78 is 52.4. The monoisotopic (exact) mass is 1720 g/mol. The first-order valence-electron chi connectivity index (χ1n) is 39.9. The van der Waals surface area contributed by atoms with E-state index in [1.54, 1.807) is 12.1 Å². The van der Waals surface area contributed by atoms with Gasteiger partial charge in [0.25, 0.3) is 0 Å². The summed E-state index contributed by atoms with van der Waals surface area (Å²) in [5, 5.41) is 126.